The highest BCUT2D eigenvalue weighted by Crippen LogP contribution is 2.33. The lowest BCUT2D eigenvalue weighted by molar-refractivity contribution is 0.174. The van der Waals surface area contributed by atoms with Crippen LogP contribution in [0.1, 0.15) is 45.1 Å². The fraction of sp³-hybridized carbons (Fsp3) is 0.609. The minimum atomic E-state index is 0.303. The van der Waals surface area contributed by atoms with Crippen molar-refractivity contribution in [3.63, 3.8) is 0 Å². The molecule has 0 unspecified atom stereocenters. The number of piperazine rings is 1. The van der Waals surface area contributed by atoms with Crippen LogP contribution in [0.15, 0.2) is 18.2 Å². The summed E-state index contributed by atoms with van der Waals surface area (Å²) in [6.07, 6.45) is 4.05. The number of hydrogen-bond acceptors (Lipinski definition) is 9. The van der Waals surface area contributed by atoms with Crippen molar-refractivity contribution in [1.29, 1.82) is 0 Å². The molecule has 9 heteroatoms. The number of anilines is 1. The fourth-order valence-corrected chi connectivity index (χ4v) is 3.62. The van der Waals surface area contributed by atoms with Gasteiger partial charge in [0.05, 0.1) is 13.2 Å². The molecular formula is C23H33N5O4. The molecular weight excluding hydrogens is 410 g/mol. The highest BCUT2D eigenvalue weighted by molar-refractivity contribution is 5.44. The molecule has 9 nitrogen and oxygen atoms in total. The predicted octanol–water partition coefficient (Wildman–Crippen LogP) is 3.28. The number of ether oxygens (including phenoxy) is 4. The molecule has 0 amide bonds. The molecule has 0 N–H and O–H groups in total. The van der Waals surface area contributed by atoms with Crippen molar-refractivity contribution in [2.75, 3.05) is 51.1 Å². The number of benzene rings is 1. The highest BCUT2D eigenvalue weighted by Gasteiger charge is 2.22. The molecule has 3 heterocycles. The van der Waals surface area contributed by atoms with Crippen LogP contribution < -0.4 is 23.8 Å². The van der Waals surface area contributed by atoms with E-state index in [9.17, 15) is 0 Å². The van der Waals surface area contributed by atoms with Gasteiger partial charge in [-0.05, 0) is 30.5 Å². The largest absolute Gasteiger partial charge is 0.463 e. The Hall–Kier alpha value is -2.81. The van der Waals surface area contributed by atoms with Gasteiger partial charge in [0.15, 0.2) is 11.5 Å². The minimum Gasteiger partial charge on any atom is -0.463 e. The lowest BCUT2D eigenvalue weighted by Gasteiger charge is -2.34. The molecule has 2 aliphatic rings. The van der Waals surface area contributed by atoms with E-state index in [1.165, 1.54) is 5.56 Å². The number of fused-ring (bicyclic) bond motifs is 1. The Kier molecular flexibility index (Phi) is 7.82. The summed E-state index contributed by atoms with van der Waals surface area (Å²) in [6, 6.07) is 6.85. The topological polar surface area (TPSA) is 82.1 Å². The van der Waals surface area contributed by atoms with E-state index in [-0.39, 0.29) is 0 Å². The molecule has 0 saturated carbocycles. The van der Waals surface area contributed by atoms with E-state index in [1.54, 1.807) is 0 Å². The van der Waals surface area contributed by atoms with Gasteiger partial charge in [0.1, 0.15) is 0 Å². The first-order valence-corrected chi connectivity index (χ1v) is 11.6. The van der Waals surface area contributed by atoms with E-state index in [0.29, 0.717) is 38.0 Å². The molecule has 0 atom stereocenters. The first-order valence-electron chi connectivity index (χ1n) is 11.6. The first kappa shape index (κ1) is 22.4. The summed E-state index contributed by atoms with van der Waals surface area (Å²) in [5.41, 5.74) is 1.22. The van der Waals surface area contributed by atoms with Gasteiger partial charge < -0.3 is 23.8 Å². The van der Waals surface area contributed by atoms with Crippen LogP contribution in [-0.4, -0.2) is 66.0 Å². The normalized spacial score (nSPS) is 15.8. The molecule has 1 saturated heterocycles. The molecule has 174 valence electrons. The van der Waals surface area contributed by atoms with Gasteiger partial charge in [-0.15, -0.1) is 4.98 Å². The Morgan fingerprint density at radius 2 is 1.50 bits per heavy atom. The average molecular weight is 444 g/mol. The van der Waals surface area contributed by atoms with Gasteiger partial charge in [0.2, 0.25) is 12.7 Å². The lowest BCUT2D eigenvalue weighted by Crippen LogP contribution is -2.46. The Balaban J connectivity index is 1.36. The van der Waals surface area contributed by atoms with Crippen LogP contribution in [0.4, 0.5) is 5.95 Å². The Morgan fingerprint density at radius 3 is 2.16 bits per heavy atom. The quantitative estimate of drug-likeness (QED) is 0.486. The van der Waals surface area contributed by atoms with Crippen LogP contribution in [0.5, 0.6) is 23.5 Å². The molecule has 4 rings (SSSR count). The highest BCUT2D eigenvalue weighted by atomic mass is 16.7. The summed E-state index contributed by atoms with van der Waals surface area (Å²) in [4.78, 5) is 18.1. The molecule has 0 spiro atoms. The van der Waals surface area contributed by atoms with Gasteiger partial charge in [-0.3, -0.25) is 4.90 Å². The summed E-state index contributed by atoms with van der Waals surface area (Å²) in [5.74, 6) is 2.28. The zero-order valence-electron chi connectivity index (χ0n) is 19.1. The predicted molar refractivity (Wildman–Crippen MR) is 121 cm³/mol. The van der Waals surface area contributed by atoms with Crippen molar-refractivity contribution in [3.05, 3.63) is 23.8 Å². The van der Waals surface area contributed by atoms with Crippen molar-refractivity contribution < 1.29 is 18.9 Å². The molecule has 2 aromatic rings. The van der Waals surface area contributed by atoms with Crippen LogP contribution in [0, 0.1) is 0 Å². The summed E-state index contributed by atoms with van der Waals surface area (Å²) >= 11 is 0. The third-order valence-electron chi connectivity index (χ3n) is 5.54. The molecule has 0 radical (unpaired) electrons. The average Bonchev–Trinajstić information content (AvgIpc) is 3.28. The third-order valence-corrected chi connectivity index (χ3v) is 5.54. The maximum absolute atomic E-state index is 5.76. The molecule has 0 aliphatic carbocycles. The van der Waals surface area contributed by atoms with Crippen LogP contribution in [0.2, 0.25) is 0 Å². The summed E-state index contributed by atoms with van der Waals surface area (Å²) < 4.78 is 22.4. The first-order chi connectivity index (χ1) is 15.7. The second-order valence-corrected chi connectivity index (χ2v) is 8.06. The summed E-state index contributed by atoms with van der Waals surface area (Å²) in [7, 11) is 0. The maximum Gasteiger partial charge on any atom is 0.324 e. The molecule has 1 fully saturated rings. The molecule has 1 aromatic heterocycles. The van der Waals surface area contributed by atoms with E-state index in [2.05, 4.69) is 50.7 Å². The minimum absolute atomic E-state index is 0.303. The van der Waals surface area contributed by atoms with Crippen LogP contribution >= 0.6 is 0 Å². The zero-order chi connectivity index (χ0) is 22.2. The maximum atomic E-state index is 5.76. The number of hydrogen-bond donors (Lipinski definition) is 0. The van der Waals surface area contributed by atoms with Gasteiger partial charge in [0, 0.05) is 32.7 Å². The number of nitrogens with zero attached hydrogens (tertiary/aromatic N) is 5. The van der Waals surface area contributed by atoms with Gasteiger partial charge >= 0.3 is 12.0 Å². The van der Waals surface area contributed by atoms with Crippen LogP contribution in [-0.2, 0) is 6.54 Å². The molecule has 32 heavy (non-hydrogen) atoms. The monoisotopic (exact) mass is 443 g/mol. The summed E-state index contributed by atoms with van der Waals surface area (Å²) in [5, 5.41) is 0. The van der Waals surface area contributed by atoms with Crippen molar-refractivity contribution in [2.24, 2.45) is 0 Å². The van der Waals surface area contributed by atoms with Crippen LogP contribution in [0.3, 0.4) is 0 Å². The number of rotatable bonds is 11. The third kappa shape index (κ3) is 5.91. The Bertz CT molecular complexity index is 845. The van der Waals surface area contributed by atoms with E-state index in [0.717, 1.165) is 69.9 Å². The Morgan fingerprint density at radius 1 is 0.844 bits per heavy atom. The van der Waals surface area contributed by atoms with Crippen molar-refractivity contribution >= 4 is 5.95 Å². The van der Waals surface area contributed by atoms with Gasteiger partial charge in [-0.25, -0.2) is 0 Å². The van der Waals surface area contributed by atoms with Crippen LogP contribution in [0.25, 0.3) is 0 Å². The fourth-order valence-electron chi connectivity index (χ4n) is 3.62. The SMILES string of the molecule is CCCCOc1nc(OCCCC)nc(N2CCN(Cc3ccc4c(c3)OCO4)CC2)n1. The van der Waals surface area contributed by atoms with Gasteiger partial charge in [0.25, 0.3) is 0 Å². The second-order valence-electron chi connectivity index (χ2n) is 8.06. The number of aromatic nitrogens is 3. The molecule has 1 aromatic carbocycles. The number of unbranched alkanes of at least 4 members (excludes halogenated alkanes) is 2. The standard InChI is InChI=1S/C23H33N5O4/c1-3-5-13-29-22-24-21(25-23(26-22)30-14-6-4-2)28-11-9-27(10-12-28)16-18-7-8-19-20(15-18)32-17-31-19/h7-8,15H,3-6,9-14,16-17H2,1-2H3. The van der Waals surface area contributed by atoms with Gasteiger partial charge in [-0.2, -0.15) is 9.97 Å². The van der Waals surface area contributed by atoms with Gasteiger partial charge in [-0.1, -0.05) is 32.8 Å². The van der Waals surface area contributed by atoms with E-state index >= 15 is 0 Å². The Labute approximate surface area is 189 Å². The van der Waals surface area contributed by atoms with E-state index < -0.39 is 0 Å². The molecule has 2 aliphatic heterocycles. The smallest absolute Gasteiger partial charge is 0.324 e. The second kappa shape index (κ2) is 11.2. The van der Waals surface area contributed by atoms with E-state index in [4.69, 9.17) is 18.9 Å². The molecule has 0 bridgehead atoms. The van der Waals surface area contributed by atoms with Crippen molar-refractivity contribution in [2.45, 2.75) is 46.1 Å². The van der Waals surface area contributed by atoms with Crippen molar-refractivity contribution in [1.82, 2.24) is 19.9 Å². The summed E-state index contributed by atoms with van der Waals surface area (Å²) in [6.45, 7) is 10.1. The zero-order valence-corrected chi connectivity index (χ0v) is 19.1. The lowest BCUT2D eigenvalue weighted by atomic mass is 10.1. The van der Waals surface area contributed by atoms with Crippen molar-refractivity contribution in [3.8, 4) is 23.5 Å². The van der Waals surface area contributed by atoms with E-state index in [1.807, 2.05) is 6.07 Å².